The highest BCUT2D eigenvalue weighted by Gasteiger charge is 2.33. The maximum atomic E-state index is 14.1. The topological polar surface area (TPSA) is 80.5 Å². The third-order valence-corrected chi connectivity index (χ3v) is 5.19. The quantitative estimate of drug-likeness (QED) is 0.440. The summed E-state index contributed by atoms with van der Waals surface area (Å²) in [6.45, 7) is -0.273. The second-order valence-electron chi connectivity index (χ2n) is 5.07. The number of benzene rings is 2. The maximum absolute atomic E-state index is 14.1. The van der Waals surface area contributed by atoms with E-state index in [2.05, 4.69) is 0 Å². The molecular formula is C15H13F3N2O4S. The first-order valence-electron chi connectivity index (χ1n) is 6.93. The molecule has 1 atom stereocenters. The number of nitro groups is 1. The number of halogens is 3. The van der Waals surface area contributed by atoms with Gasteiger partial charge in [0.05, 0.1) is 15.5 Å². The highest BCUT2D eigenvalue weighted by Crippen LogP contribution is 2.31. The molecule has 134 valence electrons. The van der Waals surface area contributed by atoms with Gasteiger partial charge < -0.3 is 0 Å². The van der Waals surface area contributed by atoms with Crippen LogP contribution in [0.1, 0.15) is 5.56 Å². The van der Waals surface area contributed by atoms with E-state index in [0.29, 0.717) is 0 Å². The van der Waals surface area contributed by atoms with Crippen LogP contribution < -0.4 is 4.31 Å². The average molecular weight is 374 g/mol. The molecule has 0 bridgehead atoms. The summed E-state index contributed by atoms with van der Waals surface area (Å²) >= 11 is 0. The Balaban J connectivity index is 2.58. The zero-order valence-corrected chi connectivity index (χ0v) is 13.7. The molecule has 0 aromatic heterocycles. The van der Waals surface area contributed by atoms with Crippen LogP contribution in [0.15, 0.2) is 47.4 Å². The van der Waals surface area contributed by atoms with Gasteiger partial charge in [0.25, 0.3) is 15.7 Å². The molecule has 0 N–H and O–H groups in total. The fraction of sp³-hybridized carbons (Fsp3) is 0.200. The van der Waals surface area contributed by atoms with Gasteiger partial charge in [-0.05, 0) is 42.8 Å². The van der Waals surface area contributed by atoms with E-state index in [4.69, 9.17) is 0 Å². The van der Waals surface area contributed by atoms with Gasteiger partial charge in [-0.2, -0.15) is 0 Å². The van der Waals surface area contributed by atoms with E-state index in [1.807, 2.05) is 0 Å². The van der Waals surface area contributed by atoms with Crippen LogP contribution in [-0.2, 0) is 10.0 Å². The van der Waals surface area contributed by atoms with Crippen molar-refractivity contribution in [1.29, 1.82) is 0 Å². The molecule has 0 aliphatic carbocycles. The van der Waals surface area contributed by atoms with Crippen molar-refractivity contribution in [3.8, 4) is 0 Å². The van der Waals surface area contributed by atoms with Crippen molar-refractivity contribution in [3.63, 3.8) is 0 Å². The highest BCUT2D eigenvalue weighted by molar-refractivity contribution is 7.92. The summed E-state index contributed by atoms with van der Waals surface area (Å²) in [5.74, 6) is -0.662. The SMILES string of the molecule is Cc1cc(F)ccc1N(C(F)CF)S(=O)(=O)c1ccc([N+](=O)[O-])cc1. The maximum Gasteiger partial charge on any atom is 0.269 e. The third kappa shape index (κ3) is 3.73. The molecule has 6 nitrogen and oxygen atoms in total. The number of aryl methyl sites for hydroxylation is 1. The van der Waals surface area contributed by atoms with E-state index in [9.17, 15) is 31.7 Å². The van der Waals surface area contributed by atoms with Crippen LogP contribution in [0.2, 0.25) is 0 Å². The standard InChI is InChI=1S/C15H13F3N2O4S/c1-10-8-11(17)2-7-14(10)19(15(18)9-16)25(23,24)13-5-3-12(4-6-13)20(21)22/h2-8,15H,9H2,1H3. The Morgan fingerprint density at radius 3 is 2.28 bits per heavy atom. The van der Waals surface area contributed by atoms with E-state index in [1.165, 1.54) is 6.92 Å². The van der Waals surface area contributed by atoms with E-state index in [-0.39, 0.29) is 21.2 Å². The van der Waals surface area contributed by atoms with E-state index < -0.39 is 38.6 Å². The fourth-order valence-corrected chi connectivity index (χ4v) is 3.74. The number of nitro benzene ring substituents is 1. The van der Waals surface area contributed by atoms with Gasteiger partial charge in [0.2, 0.25) is 6.30 Å². The van der Waals surface area contributed by atoms with Gasteiger partial charge in [-0.3, -0.25) is 10.1 Å². The molecule has 0 aliphatic rings. The molecule has 0 saturated carbocycles. The van der Waals surface area contributed by atoms with Crippen molar-refractivity contribution < 1.29 is 26.5 Å². The average Bonchev–Trinajstić information content (AvgIpc) is 2.56. The van der Waals surface area contributed by atoms with Gasteiger partial charge in [-0.25, -0.2) is 25.9 Å². The molecule has 2 aromatic carbocycles. The van der Waals surface area contributed by atoms with Crippen molar-refractivity contribution in [2.24, 2.45) is 0 Å². The zero-order valence-electron chi connectivity index (χ0n) is 12.9. The number of anilines is 1. The van der Waals surface area contributed by atoms with Gasteiger partial charge in [0.15, 0.2) is 0 Å². The van der Waals surface area contributed by atoms with Crippen LogP contribution in [0.25, 0.3) is 0 Å². The van der Waals surface area contributed by atoms with Crippen LogP contribution in [0.5, 0.6) is 0 Å². The first kappa shape index (κ1) is 18.7. The Bertz CT molecular complexity index is 888. The number of non-ortho nitro benzene ring substituents is 1. The van der Waals surface area contributed by atoms with Crippen molar-refractivity contribution in [2.45, 2.75) is 18.1 Å². The van der Waals surface area contributed by atoms with E-state index >= 15 is 0 Å². The number of hydrogen-bond donors (Lipinski definition) is 0. The lowest BCUT2D eigenvalue weighted by Gasteiger charge is -2.27. The van der Waals surface area contributed by atoms with Crippen molar-refractivity contribution >= 4 is 21.4 Å². The molecule has 0 heterocycles. The van der Waals surface area contributed by atoms with Crippen LogP contribution in [0, 0.1) is 22.9 Å². The number of hydrogen-bond acceptors (Lipinski definition) is 4. The predicted octanol–water partition coefficient (Wildman–Crippen LogP) is 3.50. The molecule has 0 fully saturated rings. The lowest BCUT2D eigenvalue weighted by atomic mass is 10.2. The Morgan fingerprint density at radius 1 is 1.20 bits per heavy atom. The molecule has 2 aromatic rings. The predicted molar refractivity (Wildman–Crippen MR) is 84.8 cm³/mol. The summed E-state index contributed by atoms with van der Waals surface area (Å²) in [4.78, 5) is 9.46. The summed E-state index contributed by atoms with van der Waals surface area (Å²) in [6, 6.07) is 6.64. The summed E-state index contributed by atoms with van der Waals surface area (Å²) < 4.78 is 65.9. The Hall–Kier alpha value is -2.62. The number of nitrogens with zero attached hydrogens (tertiary/aromatic N) is 2. The third-order valence-electron chi connectivity index (χ3n) is 3.38. The van der Waals surface area contributed by atoms with Gasteiger partial charge >= 0.3 is 0 Å². The van der Waals surface area contributed by atoms with Gasteiger partial charge in [-0.1, -0.05) is 0 Å². The van der Waals surface area contributed by atoms with E-state index in [0.717, 1.165) is 42.5 Å². The molecule has 1 unspecified atom stereocenters. The Labute approximate surface area is 141 Å². The molecule has 2 rings (SSSR count). The minimum atomic E-state index is -4.57. The van der Waals surface area contributed by atoms with Crippen molar-refractivity contribution in [2.75, 3.05) is 11.0 Å². The summed E-state index contributed by atoms with van der Waals surface area (Å²) in [5, 5.41) is 10.6. The molecular weight excluding hydrogens is 361 g/mol. The van der Waals surface area contributed by atoms with Gasteiger partial charge in [0, 0.05) is 12.1 Å². The first-order chi connectivity index (χ1) is 11.7. The second kappa shape index (κ2) is 7.09. The molecule has 0 amide bonds. The van der Waals surface area contributed by atoms with E-state index in [1.54, 1.807) is 0 Å². The lowest BCUT2D eigenvalue weighted by Crippen LogP contribution is -2.39. The Morgan fingerprint density at radius 2 is 1.80 bits per heavy atom. The summed E-state index contributed by atoms with van der Waals surface area (Å²) in [5.41, 5.74) is -0.503. The minimum absolute atomic E-state index is 0.0848. The molecule has 10 heteroatoms. The van der Waals surface area contributed by atoms with Crippen LogP contribution >= 0.6 is 0 Å². The molecule has 0 aliphatic heterocycles. The fourth-order valence-electron chi connectivity index (χ4n) is 2.21. The van der Waals surface area contributed by atoms with Gasteiger partial charge in [0.1, 0.15) is 12.5 Å². The number of sulfonamides is 1. The van der Waals surface area contributed by atoms with Crippen LogP contribution in [0.3, 0.4) is 0 Å². The van der Waals surface area contributed by atoms with Crippen molar-refractivity contribution in [1.82, 2.24) is 0 Å². The summed E-state index contributed by atoms with van der Waals surface area (Å²) in [6.07, 6.45) is -2.54. The number of rotatable bonds is 6. The smallest absolute Gasteiger partial charge is 0.258 e. The molecule has 0 saturated heterocycles. The van der Waals surface area contributed by atoms with Crippen molar-refractivity contribution in [3.05, 3.63) is 64.0 Å². The monoisotopic (exact) mass is 374 g/mol. The zero-order chi connectivity index (χ0) is 18.8. The number of alkyl halides is 2. The first-order valence-corrected chi connectivity index (χ1v) is 8.37. The minimum Gasteiger partial charge on any atom is -0.258 e. The second-order valence-corrected chi connectivity index (χ2v) is 6.89. The largest absolute Gasteiger partial charge is 0.269 e. The lowest BCUT2D eigenvalue weighted by molar-refractivity contribution is -0.384. The molecule has 25 heavy (non-hydrogen) atoms. The molecule has 0 radical (unpaired) electrons. The summed E-state index contributed by atoms with van der Waals surface area (Å²) in [7, 11) is -4.57. The Kier molecular flexibility index (Phi) is 5.31. The molecule has 0 spiro atoms. The van der Waals surface area contributed by atoms with Crippen LogP contribution in [-0.4, -0.2) is 26.3 Å². The van der Waals surface area contributed by atoms with Crippen LogP contribution in [0.4, 0.5) is 24.5 Å². The van der Waals surface area contributed by atoms with Gasteiger partial charge in [-0.15, -0.1) is 0 Å². The highest BCUT2D eigenvalue weighted by atomic mass is 32.2. The normalized spacial score (nSPS) is 12.6.